The minimum atomic E-state index is -0.157. The van der Waals surface area contributed by atoms with Crippen LogP contribution in [-0.2, 0) is 0 Å². The molecule has 1 aromatic carbocycles. The molecule has 1 heterocycles. The van der Waals surface area contributed by atoms with Gasteiger partial charge in [-0.15, -0.1) is 11.3 Å². The first-order chi connectivity index (χ1) is 8.63. The molecule has 1 unspecified atom stereocenters. The van der Waals surface area contributed by atoms with E-state index in [9.17, 15) is 4.39 Å². The predicted molar refractivity (Wildman–Crippen MR) is 75.7 cm³/mol. The van der Waals surface area contributed by atoms with E-state index in [4.69, 9.17) is 0 Å². The fraction of sp³-hybridized carbons (Fsp3) is 0.333. The van der Waals surface area contributed by atoms with E-state index in [0.717, 1.165) is 17.7 Å². The summed E-state index contributed by atoms with van der Waals surface area (Å²) < 4.78 is 13.4. The molecule has 0 radical (unpaired) electrons. The first-order valence-electron chi connectivity index (χ1n) is 6.17. The zero-order valence-electron chi connectivity index (χ0n) is 11.0. The molecule has 1 nitrogen and oxygen atoms in total. The molecule has 1 atom stereocenters. The van der Waals surface area contributed by atoms with Crippen LogP contribution in [0.3, 0.4) is 0 Å². The van der Waals surface area contributed by atoms with E-state index in [1.54, 1.807) is 23.5 Å². The number of nitrogens with one attached hydrogen (secondary N) is 1. The molecule has 0 aliphatic rings. The number of hydrogen-bond donors (Lipinski definition) is 1. The molecule has 0 aliphatic carbocycles. The Balaban J connectivity index is 2.49. The van der Waals surface area contributed by atoms with Crippen LogP contribution >= 0.6 is 11.3 Å². The van der Waals surface area contributed by atoms with Crippen LogP contribution in [0.15, 0.2) is 29.6 Å². The fourth-order valence-electron chi connectivity index (χ4n) is 2.38. The lowest BCUT2D eigenvalue weighted by atomic mass is 9.95. The predicted octanol–water partition coefficient (Wildman–Crippen LogP) is 4.20. The SMILES string of the molecule is CCNC(c1cccs1)c1c(C)cc(F)cc1C. The van der Waals surface area contributed by atoms with Gasteiger partial charge in [0.15, 0.2) is 0 Å². The van der Waals surface area contributed by atoms with E-state index < -0.39 is 0 Å². The molecule has 1 aromatic heterocycles. The van der Waals surface area contributed by atoms with Crippen LogP contribution in [0, 0.1) is 19.7 Å². The Morgan fingerprint density at radius 1 is 1.28 bits per heavy atom. The quantitative estimate of drug-likeness (QED) is 0.871. The highest BCUT2D eigenvalue weighted by Crippen LogP contribution is 2.31. The molecule has 18 heavy (non-hydrogen) atoms. The van der Waals surface area contributed by atoms with Gasteiger partial charge in [0.25, 0.3) is 0 Å². The molecule has 0 bridgehead atoms. The fourth-order valence-corrected chi connectivity index (χ4v) is 3.19. The monoisotopic (exact) mass is 263 g/mol. The zero-order chi connectivity index (χ0) is 13.1. The van der Waals surface area contributed by atoms with Crippen molar-refractivity contribution >= 4 is 11.3 Å². The van der Waals surface area contributed by atoms with Crippen molar-refractivity contribution in [2.45, 2.75) is 26.8 Å². The molecular weight excluding hydrogens is 245 g/mol. The maximum Gasteiger partial charge on any atom is 0.123 e. The number of thiophene rings is 1. The van der Waals surface area contributed by atoms with E-state index >= 15 is 0 Å². The molecule has 0 amide bonds. The van der Waals surface area contributed by atoms with Crippen molar-refractivity contribution in [2.75, 3.05) is 6.54 Å². The number of halogens is 1. The second-order valence-corrected chi connectivity index (χ2v) is 5.44. The van der Waals surface area contributed by atoms with Gasteiger partial charge >= 0.3 is 0 Å². The average Bonchev–Trinajstić information content (AvgIpc) is 2.79. The lowest BCUT2D eigenvalue weighted by Gasteiger charge is -2.21. The molecule has 1 N–H and O–H groups in total. The van der Waals surface area contributed by atoms with E-state index in [-0.39, 0.29) is 11.9 Å². The summed E-state index contributed by atoms with van der Waals surface area (Å²) in [5.41, 5.74) is 3.21. The highest BCUT2D eigenvalue weighted by molar-refractivity contribution is 7.10. The summed E-state index contributed by atoms with van der Waals surface area (Å²) in [5.74, 6) is -0.157. The summed E-state index contributed by atoms with van der Waals surface area (Å²) in [4.78, 5) is 1.27. The third kappa shape index (κ3) is 2.62. The molecule has 0 fully saturated rings. The van der Waals surface area contributed by atoms with Crippen LogP contribution in [0.2, 0.25) is 0 Å². The third-order valence-electron chi connectivity index (χ3n) is 3.08. The van der Waals surface area contributed by atoms with Crippen molar-refractivity contribution in [3.8, 4) is 0 Å². The molecule has 2 rings (SSSR count). The van der Waals surface area contributed by atoms with Crippen molar-refractivity contribution in [2.24, 2.45) is 0 Å². The number of aryl methyl sites for hydroxylation is 2. The Bertz CT molecular complexity index is 496. The van der Waals surface area contributed by atoms with E-state index in [0.29, 0.717) is 0 Å². The van der Waals surface area contributed by atoms with Gasteiger partial charge in [0.1, 0.15) is 5.82 Å². The summed E-state index contributed by atoms with van der Waals surface area (Å²) in [6.45, 7) is 6.93. The van der Waals surface area contributed by atoms with Crippen LogP contribution in [-0.4, -0.2) is 6.54 Å². The van der Waals surface area contributed by atoms with Gasteiger partial charge in [-0.3, -0.25) is 0 Å². The molecule has 0 saturated heterocycles. The Morgan fingerprint density at radius 2 is 1.94 bits per heavy atom. The van der Waals surface area contributed by atoms with E-state index in [1.165, 1.54) is 10.4 Å². The van der Waals surface area contributed by atoms with Gasteiger partial charge in [0.2, 0.25) is 0 Å². The smallest absolute Gasteiger partial charge is 0.123 e. The summed E-state index contributed by atoms with van der Waals surface area (Å²) in [6, 6.07) is 7.56. The molecule has 0 spiro atoms. The number of benzene rings is 1. The molecule has 2 aromatic rings. The van der Waals surface area contributed by atoms with Crippen molar-refractivity contribution in [3.63, 3.8) is 0 Å². The van der Waals surface area contributed by atoms with Crippen LogP contribution in [0.5, 0.6) is 0 Å². The number of hydrogen-bond acceptors (Lipinski definition) is 2. The average molecular weight is 263 g/mol. The lowest BCUT2D eigenvalue weighted by molar-refractivity contribution is 0.610. The summed E-state index contributed by atoms with van der Waals surface area (Å²) in [7, 11) is 0. The summed E-state index contributed by atoms with van der Waals surface area (Å²) >= 11 is 1.73. The Hall–Kier alpha value is -1.19. The van der Waals surface area contributed by atoms with Crippen molar-refractivity contribution in [3.05, 3.63) is 57.0 Å². The molecule has 96 valence electrons. The first kappa shape index (κ1) is 13.2. The highest BCUT2D eigenvalue weighted by Gasteiger charge is 2.18. The van der Waals surface area contributed by atoms with Crippen LogP contribution < -0.4 is 5.32 Å². The van der Waals surface area contributed by atoms with Gasteiger partial charge in [-0.25, -0.2) is 4.39 Å². The second kappa shape index (κ2) is 5.63. The van der Waals surface area contributed by atoms with Gasteiger partial charge in [-0.2, -0.15) is 0 Å². The van der Waals surface area contributed by atoms with Crippen LogP contribution in [0.1, 0.15) is 34.5 Å². The Kier molecular flexibility index (Phi) is 4.15. The van der Waals surface area contributed by atoms with E-state index in [1.807, 2.05) is 13.8 Å². The summed E-state index contributed by atoms with van der Waals surface area (Å²) in [6.07, 6.45) is 0. The summed E-state index contributed by atoms with van der Waals surface area (Å²) in [5, 5.41) is 5.57. The van der Waals surface area contributed by atoms with E-state index in [2.05, 4.69) is 29.8 Å². The van der Waals surface area contributed by atoms with Crippen LogP contribution in [0.25, 0.3) is 0 Å². The van der Waals surface area contributed by atoms with Crippen molar-refractivity contribution < 1.29 is 4.39 Å². The zero-order valence-corrected chi connectivity index (χ0v) is 11.8. The second-order valence-electron chi connectivity index (χ2n) is 4.46. The van der Waals surface area contributed by atoms with Crippen LogP contribution in [0.4, 0.5) is 4.39 Å². The maximum atomic E-state index is 13.4. The third-order valence-corrected chi connectivity index (χ3v) is 4.02. The van der Waals surface area contributed by atoms with Gasteiger partial charge in [-0.05, 0) is 60.7 Å². The van der Waals surface area contributed by atoms with Gasteiger partial charge in [-0.1, -0.05) is 13.0 Å². The standard InChI is InChI=1S/C15H18FNS/c1-4-17-15(13-6-5-7-18-13)14-10(2)8-12(16)9-11(14)3/h5-9,15,17H,4H2,1-3H3. The number of rotatable bonds is 4. The minimum absolute atomic E-state index is 0.157. The molecule has 3 heteroatoms. The normalized spacial score (nSPS) is 12.7. The molecule has 0 aliphatic heterocycles. The molecular formula is C15H18FNS. The Morgan fingerprint density at radius 3 is 2.44 bits per heavy atom. The topological polar surface area (TPSA) is 12.0 Å². The Labute approximate surface area is 112 Å². The largest absolute Gasteiger partial charge is 0.306 e. The maximum absolute atomic E-state index is 13.4. The lowest BCUT2D eigenvalue weighted by Crippen LogP contribution is -2.23. The van der Waals surface area contributed by atoms with Gasteiger partial charge in [0, 0.05) is 4.88 Å². The minimum Gasteiger partial charge on any atom is -0.306 e. The molecule has 0 saturated carbocycles. The van der Waals surface area contributed by atoms with Crippen molar-refractivity contribution in [1.29, 1.82) is 0 Å². The highest BCUT2D eigenvalue weighted by atomic mass is 32.1. The van der Waals surface area contributed by atoms with Crippen molar-refractivity contribution in [1.82, 2.24) is 5.32 Å². The van der Waals surface area contributed by atoms with Gasteiger partial charge in [0.05, 0.1) is 6.04 Å². The first-order valence-corrected chi connectivity index (χ1v) is 7.05. The van der Waals surface area contributed by atoms with Gasteiger partial charge < -0.3 is 5.32 Å².